The summed E-state index contributed by atoms with van der Waals surface area (Å²) in [5.41, 5.74) is 4.67. The molecule has 6 atom stereocenters. The third kappa shape index (κ3) is 7.30. The number of anilines is 1. The van der Waals surface area contributed by atoms with Gasteiger partial charge in [0.25, 0.3) is 11.8 Å². The summed E-state index contributed by atoms with van der Waals surface area (Å²) >= 11 is 6.47. The minimum Gasteiger partial charge on any atom is -0.490 e. The number of ether oxygens (including phenoxy) is 3. The Bertz CT molecular complexity index is 2030. The molecule has 0 saturated heterocycles. The Kier molecular flexibility index (Phi) is 10.2. The second kappa shape index (κ2) is 14.9. The molecular weight excluding hydrogens is 712 g/mol. The van der Waals surface area contributed by atoms with Gasteiger partial charge in [-0.2, -0.15) is 0 Å². The van der Waals surface area contributed by atoms with Gasteiger partial charge in [0, 0.05) is 54.6 Å². The molecular formula is C41H49ClN4O6S. The number of aryl methyl sites for hydroxylation is 1. The standard InChI is InChI=1S/C41H49ClN4O6S/c1-3-27-6-4-8-37(50-2)34-12-9-30(34)21-46-25-41(15-5-7-28-18-32(42)11-13-35(28)41)26-52-38-14-10-29(20-36(38)46)39(47)43-53(49,24-27)44-40(48)31-19-33-23-51-17-16-45(33)22-31/h4,8,10-11,13-14,18-20,22,27,30,34,37H,3,5-7,9,12,15-17,21,23-26H2,1-2H3,(H,43,44,47,48,49)/b8-4-/t27-,30-,34+,37-,41-,53?/m0/s1. The highest BCUT2D eigenvalue weighted by molar-refractivity contribution is 7.92. The molecule has 1 unspecified atom stereocenters. The Morgan fingerprint density at radius 1 is 1.19 bits per heavy atom. The van der Waals surface area contributed by atoms with Crippen LogP contribution in [0.5, 0.6) is 5.75 Å². The number of allylic oxidation sites excluding steroid dienone is 1. The number of fused-ring (bicyclic) bond motifs is 5. The zero-order valence-electron chi connectivity index (χ0n) is 30.6. The molecule has 1 fully saturated rings. The summed E-state index contributed by atoms with van der Waals surface area (Å²) in [7, 11) is -1.76. The molecule has 282 valence electrons. The number of amides is 2. The second-order valence-corrected chi connectivity index (χ2v) is 18.0. The molecule has 1 aromatic heterocycles. The minimum absolute atomic E-state index is 0.0395. The van der Waals surface area contributed by atoms with E-state index in [2.05, 4.69) is 38.3 Å². The quantitative estimate of drug-likeness (QED) is 0.282. The molecule has 8 rings (SSSR count). The van der Waals surface area contributed by atoms with Crippen molar-refractivity contribution in [2.24, 2.45) is 22.1 Å². The van der Waals surface area contributed by atoms with Crippen LogP contribution in [-0.4, -0.2) is 65.9 Å². The lowest BCUT2D eigenvalue weighted by Crippen LogP contribution is -2.49. The maximum Gasteiger partial charge on any atom is 0.286 e. The fraction of sp³-hybridized carbons (Fsp3) is 0.512. The van der Waals surface area contributed by atoms with Crippen molar-refractivity contribution in [1.29, 1.82) is 0 Å². The lowest BCUT2D eigenvalue weighted by Gasteiger charge is -2.46. The van der Waals surface area contributed by atoms with Gasteiger partial charge in [0.1, 0.15) is 15.7 Å². The van der Waals surface area contributed by atoms with Crippen LogP contribution in [0.25, 0.3) is 0 Å². The van der Waals surface area contributed by atoms with E-state index < -0.39 is 21.7 Å². The molecule has 2 aromatic carbocycles. The molecule has 2 bridgehead atoms. The first kappa shape index (κ1) is 36.3. The number of nitrogens with one attached hydrogen (secondary N) is 1. The maximum atomic E-state index is 14.8. The number of benzene rings is 2. The van der Waals surface area contributed by atoms with Crippen LogP contribution in [0, 0.1) is 17.8 Å². The van der Waals surface area contributed by atoms with Gasteiger partial charge < -0.3 is 23.7 Å². The normalized spacial score (nSPS) is 30.4. The van der Waals surface area contributed by atoms with Crippen molar-refractivity contribution >= 4 is 39.0 Å². The average Bonchev–Trinajstić information content (AvgIpc) is 3.52. The van der Waals surface area contributed by atoms with Crippen molar-refractivity contribution in [3.8, 4) is 5.75 Å². The number of nitrogens with zero attached hydrogens (tertiary/aromatic N) is 3. The van der Waals surface area contributed by atoms with Crippen molar-refractivity contribution in [3.05, 3.63) is 93.8 Å². The molecule has 4 heterocycles. The van der Waals surface area contributed by atoms with Gasteiger partial charge in [0.15, 0.2) is 0 Å². The third-order valence-corrected chi connectivity index (χ3v) is 14.3. The zero-order chi connectivity index (χ0) is 36.7. The third-order valence-electron chi connectivity index (χ3n) is 12.2. The van der Waals surface area contributed by atoms with Crippen LogP contribution in [0.4, 0.5) is 5.69 Å². The highest BCUT2D eigenvalue weighted by atomic mass is 35.5. The Morgan fingerprint density at radius 3 is 2.87 bits per heavy atom. The van der Waals surface area contributed by atoms with Crippen molar-refractivity contribution in [3.63, 3.8) is 0 Å². The first-order valence-electron chi connectivity index (χ1n) is 19.0. The molecule has 2 amide bonds. The van der Waals surface area contributed by atoms with Gasteiger partial charge in [0.05, 0.1) is 42.9 Å². The molecule has 1 saturated carbocycles. The highest BCUT2D eigenvalue weighted by Crippen LogP contribution is 2.47. The Labute approximate surface area is 317 Å². The number of methoxy groups -OCH3 is 1. The molecule has 10 nitrogen and oxygen atoms in total. The first-order valence-corrected chi connectivity index (χ1v) is 21.1. The van der Waals surface area contributed by atoms with E-state index in [1.165, 1.54) is 11.1 Å². The number of carbonyl (C=O) groups is 2. The van der Waals surface area contributed by atoms with Gasteiger partial charge in [0.2, 0.25) is 0 Å². The van der Waals surface area contributed by atoms with E-state index in [1.54, 1.807) is 25.4 Å². The number of hydrogen-bond donors (Lipinski definition) is 1. The smallest absolute Gasteiger partial charge is 0.286 e. The van der Waals surface area contributed by atoms with Gasteiger partial charge in [-0.3, -0.25) is 14.3 Å². The molecule has 1 spiro atoms. The number of rotatable bonds is 4. The summed E-state index contributed by atoms with van der Waals surface area (Å²) in [6.45, 7) is 5.64. The number of hydrogen-bond acceptors (Lipinski definition) is 7. The summed E-state index contributed by atoms with van der Waals surface area (Å²) in [5, 5.41) is 0.743. The van der Waals surface area contributed by atoms with Crippen molar-refractivity contribution in [1.82, 2.24) is 9.29 Å². The molecule has 1 N–H and O–H groups in total. The van der Waals surface area contributed by atoms with E-state index in [0.717, 1.165) is 61.6 Å². The average molecular weight is 761 g/mol. The van der Waals surface area contributed by atoms with Crippen LogP contribution in [0.1, 0.15) is 83.0 Å². The van der Waals surface area contributed by atoms with Crippen LogP contribution >= 0.6 is 11.6 Å². The monoisotopic (exact) mass is 760 g/mol. The van der Waals surface area contributed by atoms with Gasteiger partial charge in [-0.1, -0.05) is 43.2 Å². The summed E-state index contributed by atoms with van der Waals surface area (Å²) in [6, 6.07) is 13.4. The van der Waals surface area contributed by atoms with E-state index in [9.17, 15) is 13.8 Å². The fourth-order valence-electron chi connectivity index (χ4n) is 9.10. The Balaban J connectivity index is 1.19. The summed E-state index contributed by atoms with van der Waals surface area (Å²) in [5.74, 6) is 0.239. The van der Waals surface area contributed by atoms with E-state index in [-0.39, 0.29) is 23.2 Å². The van der Waals surface area contributed by atoms with E-state index in [1.807, 2.05) is 29.7 Å². The van der Waals surface area contributed by atoms with Gasteiger partial charge in [-0.05, 0) is 104 Å². The molecule has 53 heavy (non-hydrogen) atoms. The Morgan fingerprint density at radius 2 is 2.08 bits per heavy atom. The van der Waals surface area contributed by atoms with Crippen LogP contribution < -0.4 is 14.4 Å². The van der Waals surface area contributed by atoms with Crippen LogP contribution in [0.2, 0.25) is 5.02 Å². The summed E-state index contributed by atoms with van der Waals surface area (Å²) in [4.78, 5) is 30.2. The summed E-state index contributed by atoms with van der Waals surface area (Å²) < 4.78 is 42.2. The molecule has 3 aromatic rings. The van der Waals surface area contributed by atoms with Crippen molar-refractivity contribution in [2.45, 2.75) is 76.5 Å². The maximum absolute atomic E-state index is 14.8. The number of halogens is 1. The van der Waals surface area contributed by atoms with E-state index in [0.29, 0.717) is 67.9 Å². The van der Waals surface area contributed by atoms with Crippen LogP contribution in [0.15, 0.2) is 65.2 Å². The lowest BCUT2D eigenvalue weighted by molar-refractivity contribution is 0.0131. The zero-order valence-corrected chi connectivity index (χ0v) is 32.1. The topological polar surface area (TPSA) is 111 Å². The fourth-order valence-corrected chi connectivity index (χ4v) is 11.3. The largest absolute Gasteiger partial charge is 0.490 e. The molecule has 2 aliphatic carbocycles. The molecule has 12 heteroatoms. The Hall–Kier alpha value is -3.64. The van der Waals surface area contributed by atoms with Crippen molar-refractivity contribution < 1.29 is 28.0 Å². The predicted molar refractivity (Wildman–Crippen MR) is 206 cm³/mol. The molecule has 5 aliphatic rings. The van der Waals surface area contributed by atoms with Gasteiger partial charge in [-0.15, -0.1) is 4.36 Å². The van der Waals surface area contributed by atoms with Gasteiger partial charge >= 0.3 is 0 Å². The van der Waals surface area contributed by atoms with E-state index in [4.69, 9.17) is 25.8 Å². The SMILES string of the molecule is CC[C@H]1C/C=C\[C@H](OC)[C@@H]2CC[C@H]2CN2C[C@@]3(CCCc4cc(Cl)ccc43)COc3ccc(cc32)C(=O)N=S(=O)(NC(=O)c2cc3n(c2)CCOC3)C1. The van der Waals surface area contributed by atoms with E-state index >= 15 is 0 Å². The predicted octanol–water partition coefficient (Wildman–Crippen LogP) is 7.13. The summed E-state index contributed by atoms with van der Waals surface area (Å²) in [6.07, 6.45) is 12.4. The van der Waals surface area contributed by atoms with Gasteiger partial charge in [-0.25, -0.2) is 4.21 Å². The molecule has 0 radical (unpaired) electrons. The minimum atomic E-state index is -3.54. The van der Waals surface area contributed by atoms with Crippen molar-refractivity contribution in [2.75, 3.05) is 44.1 Å². The first-order chi connectivity index (χ1) is 25.7. The number of aromatic nitrogens is 1. The lowest BCUT2D eigenvalue weighted by atomic mass is 9.68. The second-order valence-electron chi connectivity index (χ2n) is 15.5. The van der Waals surface area contributed by atoms with Crippen LogP contribution in [-0.2, 0) is 44.4 Å². The molecule has 3 aliphatic heterocycles. The highest BCUT2D eigenvalue weighted by Gasteiger charge is 2.44. The number of carbonyl (C=O) groups excluding carboxylic acids is 2. The van der Waals surface area contributed by atoms with Crippen LogP contribution in [0.3, 0.4) is 0 Å².